The quantitative estimate of drug-likeness (QED) is 0.351. The molecule has 0 aromatic carbocycles. The molecule has 0 rings (SSSR count). The fourth-order valence-corrected chi connectivity index (χ4v) is 0.617. The Labute approximate surface area is 102 Å². The standard InChI is InChI=1S/C8H17NO3.CH4O3S/c1-3-4-5-12-8(11)7(10)6(2)9;1-5(2,3)4/h6-7,10H,3-5,9H2,1-2H3;1H3,(H,2,3,4)/t6-,7?;/m0./s1. The van der Waals surface area contributed by atoms with Crippen molar-refractivity contribution < 1.29 is 27.6 Å². The summed E-state index contributed by atoms with van der Waals surface area (Å²) in [5.41, 5.74) is 5.29. The van der Waals surface area contributed by atoms with E-state index in [2.05, 4.69) is 0 Å². The summed E-state index contributed by atoms with van der Waals surface area (Å²) in [4.78, 5) is 10.9. The Bertz CT molecular complexity index is 293. The third-order valence-corrected chi connectivity index (χ3v) is 1.48. The minimum Gasteiger partial charge on any atom is -0.464 e. The van der Waals surface area contributed by atoms with Crippen LogP contribution in [0.4, 0.5) is 0 Å². The predicted octanol–water partition coefficient (Wildman–Crippen LogP) is -0.458. The van der Waals surface area contributed by atoms with Gasteiger partial charge in [-0.25, -0.2) is 4.79 Å². The fraction of sp³-hybridized carbons (Fsp3) is 0.889. The average Bonchev–Trinajstić information content (AvgIpc) is 2.14. The lowest BCUT2D eigenvalue weighted by atomic mass is 10.2. The summed E-state index contributed by atoms with van der Waals surface area (Å²) in [6, 6.07) is -0.570. The molecule has 0 heterocycles. The van der Waals surface area contributed by atoms with Crippen LogP contribution in [-0.2, 0) is 19.6 Å². The van der Waals surface area contributed by atoms with Crippen molar-refractivity contribution >= 4 is 16.1 Å². The second-order valence-electron chi connectivity index (χ2n) is 3.56. The number of aliphatic hydroxyl groups is 1. The van der Waals surface area contributed by atoms with Crippen LogP contribution >= 0.6 is 0 Å². The third-order valence-electron chi connectivity index (χ3n) is 1.48. The van der Waals surface area contributed by atoms with E-state index in [4.69, 9.17) is 20.1 Å². The predicted molar refractivity (Wildman–Crippen MR) is 63.0 cm³/mol. The van der Waals surface area contributed by atoms with Gasteiger partial charge in [0.25, 0.3) is 10.1 Å². The molecule has 0 saturated heterocycles. The molecule has 17 heavy (non-hydrogen) atoms. The highest BCUT2D eigenvalue weighted by Crippen LogP contribution is 1.95. The first-order valence-electron chi connectivity index (χ1n) is 5.12. The SMILES string of the molecule is CCCCOC(=O)C(O)[C@H](C)N.CS(=O)(=O)O. The van der Waals surface area contributed by atoms with Crippen LogP contribution in [0, 0.1) is 0 Å². The van der Waals surface area contributed by atoms with Gasteiger partial charge in [0.1, 0.15) is 0 Å². The van der Waals surface area contributed by atoms with E-state index in [9.17, 15) is 13.2 Å². The van der Waals surface area contributed by atoms with Crippen molar-refractivity contribution in [2.75, 3.05) is 12.9 Å². The van der Waals surface area contributed by atoms with Gasteiger partial charge >= 0.3 is 5.97 Å². The molecule has 0 aromatic heterocycles. The molecule has 0 aromatic rings. The Hall–Kier alpha value is -0.700. The molecule has 104 valence electrons. The lowest BCUT2D eigenvalue weighted by Crippen LogP contribution is -2.39. The zero-order valence-electron chi connectivity index (χ0n) is 10.3. The highest BCUT2D eigenvalue weighted by atomic mass is 32.2. The molecule has 0 aliphatic rings. The number of hydrogen-bond donors (Lipinski definition) is 3. The molecule has 0 bridgehead atoms. The molecule has 7 nitrogen and oxygen atoms in total. The number of hydrogen-bond acceptors (Lipinski definition) is 6. The molecular weight excluding hydrogens is 250 g/mol. The molecule has 2 atom stereocenters. The average molecular weight is 271 g/mol. The number of ether oxygens (including phenoxy) is 1. The van der Waals surface area contributed by atoms with Crippen LogP contribution in [0.25, 0.3) is 0 Å². The molecule has 0 saturated carbocycles. The molecule has 4 N–H and O–H groups in total. The van der Waals surface area contributed by atoms with Gasteiger partial charge in [0.15, 0.2) is 6.10 Å². The van der Waals surface area contributed by atoms with Gasteiger partial charge in [-0.15, -0.1) is 0 Å². The van der Waals surface area contributed by atoms with E-state index < -0.39 is 28.2 Å². The zero-order valence-corrected chi connectivity index (χ0v) is 11.1. The van der Waals surface area contributed by atoms with Gasteiger partial charge < -0.3 is 15.6 Å². The van der Waals surface area contributed by atoms with Crippen molar-refractivity contribution in [3.63, 3.8) is 0 Å². The smallest absolute Gasteiger partial charge is 0.336 e. The van der Waals surface area contributed by atoms with Crippen molar-refractivity contribution in [3.8, 4) is 0 Å². The summed E-state index contributed by atoms with van der Waals surface area (Å²) in [6.45, 7) is 3.92. The number of esters is 1. The summed E-state index contributed by atoms with van der Waals surface area (Å²) >= 11 is 0. The highest BCUT2D eigenvalue weighted by Gasteiger charge is 2.20. The summed E-state index contributed by atoms with van der Waals surface area (Å²) in [5, 5.41) is 9.09. The van der Waals surface area contributed by atoms with E-state index >= 15 is 0 Å². The van der Waals surface area contributed by atoms with Crippen LogP contribution in [0.2, 0.25) is 0 Å². The molecule has 0 radical (unpaired) electrons. The van der Waals surface area contributed by atoms with Crippen LogP contribution in [0.15, 0.2) is 0 Å². The maximum atomic E-state index is 10.9. The van der Waals surface area contributed by atoms with Crippen LogP contribution in [0.1, 0.15) is 26.7 Å². The molecule has 0 spiro atoms. The number of carbonyl (C=O) groups excluding carboxylic acids is 1. The van der Waals surface area contributed by atoms with Crippen molar-refractivity contribution in [2.45, 2.75) is 38.8 Å². The second kappa shape index (κ2) is 9.34. The van der Waals surface area contributed by atoms with Gasteiger partial charge in [-0.2, -0.15) is 8.42 Å². The van der Waals surface area contributed by atoms with Gasteiger partial charge in [-0.3, -0.25) is 4.55 Å². The number of nitrogens with two attached hydrogens (primary N) is 1. The minimum atomic E-state index is -3.67. The van der Waals surface area contributed by atoms with Crippen LogP contribution in [-0.4, -0.2) is 49.1 Å². The normalized spacial score (nSPS) is 14.2. The topological polar surface area (TPSA) is 127 Å². The lowest BCUT2D eigenvalue weighted by molar-refractivity contribution is -0.154. The van der Waals surface area contributed by atoms with E-state index in [0.29, 0.717) is 12.9 Å². The second-order valence-corrected chi connectivity index (χ2v) is 5.02. The lowest BCUT2D eigenvalue weighted by Gasteiger charge is -2.12. The van der Waals surface area contributed by atoms with Crippen molar-refractivity contribution in [1.29, 1.82) is 0 Å². The van der Waals surface area contributed by atoms with Gasteiger partial charge in [-0.05, 0) is 13.3 Å². The molecule has 0 amide bonds. The van der Waals surface area contributed by atoms with Crippen molar-refractivity contribution in [2.24, 2.45) is 5.73 Å². The van der Waals surface area contributed by atoms with Crippen molar-refractivity contribution in [1.82, 2.24) is 0 Å². The highest BCUT2D eigenvalue weighted by molar-refractivity contribution is 7.85. The maximum absolute atomic E-state index is 10.9. The van der Waals surface area contributed by atoms with Gasteiger partial charge in [0.05, 0.1) is 12.9 Å². The largest absolute Gasteiger partial charge is 0.464 e. The summed E-state index contributed by atoms with van der Waals surface area (Å²) in [7, 11) is -3.67. The first-order chi connectivity index (χ1) is 7.59. The number of rotatable bonds is 5. The first-order valence-corrected chi connectivity index (χ1v) is 6.97. The summed E-state index contributed by atoms with van der Waals surface area (Å²) in [5.74, 6) is -0.626. The number of aliphatic hydroxyl groups excluding tert-OH is 1. The van der Waals surface area contributed by atoms with E-state index in [1.54, 1.807) is 6.92 Å². The van der Waals surface area contributed by atoms with Crippen LogP contribution in [0.5, 0.6) is 0 Å². The molecule has 8 heteroatoms. The van der Waals surface area contributed by atoms with Crippen molar-refractivity contribution in [3.05, 3.63) is 0 Å². The zero-order chi connectivity index (χ0) is 14.1. The van der Waals surface area contributed by atoms with E-state index in [1.807, 2.05) is 6.92 Å². The minimum absolute atomic E-state index is 0.360. The van der Waals surface area contributed by atoms with Gasteiger partial charge in [0.2, 0.25) is 0 Å². The van der Waals surface area contributed by atoms with E-state index in [1.165, 1.54) is 0 Å². The van der Waals surface area contributed by atoms with Crippen LogP contribution in [0.3, 0.4) is 0 Å². The molecule has 0 aliphatic heterocycles. The van der Waals surface area contributed by atoms with E-state index in [-0.39, 0.29) is 0 Å². The molecular formula is C9H21NO6S. The maximum Gasteiger partial charge on any atom is 0.336 e. The first kappa shape index (κ1) is 18.7. The molecule has 0 aliphatic carbocycles. The number of carbonyl (C=O) groups is 1. The Morgan fingerprint density at radius 3 is 2.18 bits per heavy atom. The van der Waals surface area contributed by atoms with E-state index in [0.717, 1.165) is 12.8 Å². The van der Waals surface area contributed by atoms with Gasteiger partial charge in [-0.1, -0.05) is 13.3 Å². The third kappa shape index (κ3) is 17.9. The Morgan fingerprint density at radius 2 is 1.88 bits per heavy atom. The summed E-state index contributed by atoms with van der Waals surface area (Å²) < 4.78 is 30.6. The van der Waals surface area contributed by atoms with Crippen LogP contribution < -0.4 is 5.73 Å². The Morgan fingerprint density at radius 1 is 1.47 bits per heavy atom. The summed E-state index contributed by atoms with van der Waals surface area (Å²) in [6.07, 6.45) is 1.30. The Balaban J connectivity index is 0. The molecule has 1 unspecified atom stereocenters. The fourth-order valence-electron chi connectivity index (χ4n) is 0.617. The monoisotopic (exact) mass is 271 g/mol. The number of unbranched alkanes of at least 4 members (excludes halogenated alkanes) is 1. The van der Waals surface area contributed by atoms with Gasteiger partial charge in [0, 0.05) is 6.04 Å². The molecule has 0 fully saturated rings. The Kier molecular flexibility index (Phi) is 10.3.